The van der Waals surface area contributed by atoms with Gasteiger partial charge in [-0.25, -0.2) is 14.8 Å². The third-order valence-electron chi connectivity index (χ3n) is 5.37. The molecule has 0 spiro atoms. The minimum atomic E-state index is -5.22. The third-order valence-corrected chi connectivity index (χ3v) is 6.50. The van der Waals surface area contributed by atoms with Crippen molar-refractivity contribution in [2.45, 2.75) is 50.0 Å². The molecular weight excluding hydrogens is 508 g/mol. The number of rotatable bonds is 5. The first-order valence-electron chi connectivity index (χ1n) is 10.3. The molecular formula is C19H21F6N5O4S. The number of alkyl halides is 6. The van der Waals surface area contributed by atoms with Crippen LogP contribution in [0.5, 0.6) is 0 Å². The number of nitrogens with two attached hydrogens (primary N) is 1. The number of fused-ring (bicyclic) bond motifs is 1. The molecule has 2 N–H and O–H groups in total. The zero-order valence-electron chi connectivity index (χ0n) is 18.3. The molecule has 35 heavy (non-hydrogen) atoms. The highest BCUT2D eigenvalue weighted by atomic mass is 32.2. The number of carbonyl (C=O) groups is 3. The first kappa shape index (κ1) is 26.8. The highest BCUT2D eigenvalue weighted by Crippen LogP contribution is 2.36. The van der Waals surface area contributed by atoms with Gasteiger partial charge in [-0.15, -0.1) is 11.8 Å². The molecule has 3 heterocycles. The number of ether oxygens (including phenoxy) is 1. The molecule has 3 rings (SSSR count). The zero-order chi connectivity index (χ0) is 26.1. The minimum Gasteiger partial charge on any atom is -0.444 e. The normalized spacial score (nSPS) is 19.9. The van der Waals surface area contributed by atoms with Gasteiger partial charge in [0.25, 0.3) is 0 Å². The average Bonchev–Trinajstić information content (AvgIpc) is 2.73. The van der Waals surface area contributed by atoms with Crippen LogP contribution in [0.3, 0.4) is 0 Å². The van der Waals surface area contributed by atoms with E-state index in [1.54, 1.807) is 0 Å². The maximum atomic E-state index is 13.3. The first-order valence-corrected chi connectivity index (χ1v) is 11.4. The van der Waals surface area contributed by atoms with E-state index in [2.05, 4.69) is 9.97 Å². The van der Waals surface area contributed by atoms with E-state index in [9.17, 15) is 40.7 Å². The van der Waals surface area contributed by atoms with E-state index in [4.69, 9.17) is 10.5 Å². The molecule has 1 unspecified atom stereocenters. The molecule has 0 aromatic carbocycles. The molecule has 194 valence electrons. The monoisotopic (exact) mass is 529 g/mol. The summed E-state index contributed by atoms with van der Waals surface area (Å²) in [6.07, 6.45) is -13.6. The van der Waals surface area contributed by atoms with Crippen LogP contribution in [0.2, 0.25) is 0 Å². The Balaban J connectivity index is 1.79. The SMILES string of the molecule is CC1CN(C[C@H](CC(=O)N2CCc3c(nc(C(F)(F)F)nc3C(F)(F)F)C2)OC(N)=O)C(=O)CS1. The number of aromatic nitrogens is 2. The summed E-state index contributed by atoms with van der Waals surface area (Å²) >= 11 is 1.44. The summed E-state index contributed by atoms with van der Waals surface area (Å²) in [6, 6.07) is 0. The van der Waals surface area contributed by atoms with E-state index in [-0.39, 0.29) is 30.0 Å². The fourth-order valence-electron chi connectivity index (χ4n) is 3.83. The van der Waals surface area contributed by atoms with Gasteiger partial charge in [0.1, 0.15) is 6.10 Å². The van der Waals surface area contributed by atoms with Gasteiger partial charge in [-0.2, -0.15) is 26.3 Å². The third kappa shape index (κ3) is 6.67. The molecule has 1 fully saturated rings. The predicted octanol–water partition coefficient (Wildman–Crippen LogP) is 2.22. The van der Waals surface area contributed by atoms with Crippen LogP contribution < -0.4 is 5.73 Å². The van der Waals surface area contributed by atoms with Gasteiger partial charge in [0.2, 0.25) is 17.6 Å². The van der Waals surface area contributed by atoms with Crippen LogP contribution in [0.1, 0.15) is 36.1 Å². The summed E-state index contributed by atoms with van der Waals surface area (Å²) in [4.78, 5) is 44.7. The van der Waals surface area contributed by atoms with Crippen LogP contribution in [0.15, 0.2) is 0 Å². The second-order valence-corrected chi connectivity index (χ2v) is 9.49. The van der Waals surface area contributed by atoms with Crippen LogP contribution >= 0.6 is 11.8 Å². The molecule has 9 nitrogen and oxygen atoms in total. The van der Waals surface area contributed by atoms with E-state index in [1.807, 2.05) is 6.92 Å². The molecule has 0 aliphatic carbocycles. The Labute approximate surface area is 199 Å². The van der Waals surface area contributed by atoms with Crippen molar-refractivity contribution in [1.29, 1.82) is 0 Å². The van der Waals surface area contributed by atoms with Crippen LogP contribution in [-0.2, 0) is 39.6 Å². The maximum absolute atomic E-state index is 13.3. The first-order chi connectivity index (χ1) is 16.1. The van der Waals surface area contributed by atoms with Crippen molar-refractivity contribution < 1.29 is 45.5 Å². The number of nitrogens with zero attached hydrogens (tertiary/aromatic N) is 4. The van der Waals surface area contributed by atoms with Gasteiger partial charge in [0, 0.05) is 23.9 Å². The number of hydrogen-bond donors (Lipinski definition) is 1. The highest BCUT2D eigenvalue weighted by molar-refractivity contribution is 8.00. The number of halogens is 6. The molecule has 0 radical (unpaired) electrons. The Morgan fingerprint density at radius 2 is 1.89 bits per heavy atom. The van der Waals surface area contributed by atoms with Crippen LogP contribution in [-0.4, -0.2) is 74.4 Å². The van der Waals surface area contributed by atoms with E-state index in [0.717, 1.165) is 4.90 Å². The number of thioether (sulfide) groups is 1. The largest absolute Gasteiger partial charge is 0.451 e. The lowest BCUT2D eigenvalue weighted by atomic mass is 10.0. The lowest BCUT2D eigenvalue weighted by molar-refractivity contribution is -0.153. The van der Waals surface area contributed by atoms with Crippen LogP contribution in [0.4, 0.5) is 31.1 Å². The summed E-state index contributed by atoms with van der Waals surface area (Å²) in [5.41, 5.74) is 2.31. The van der Waals surface area contributed by atoms with Crippen molar-refractivity contribution in [2.75, 3.05) is 25.4 Å². The van der Waals surface area contributed by atoms with Crippen LogP contribution in [0, 0.1) is 0 Å². The van der Waals surface area contributed by atoms with Crippen LogP contribution in [0.25, 0.3) is 0 Å². The Hall–Kier alpha value is -2.78. The molecule has 0 bridgehead atoms. The summed E-state index contributed by atoms with van der Waals surface area (Å²) in [6.45, 7) is 1.22. The molecule has 1 saturated heterocycles. The molecule has 1 aromatic heterocycles. The number of primary amides is 1. The molecule has 16 heteroatoms. The van der Waals surface area contributed by atoms with E-state index >= 15 is 0 Å². The fourth-order valence-corrected chi connectivity index (χ4v) is 4.72. The van der Waals surface area contributed by atoms with Gasteiger partial charge in [0.05, 0.1) is 31.0 Å². The van der Waals surface area contributed by atoms with Crippen molar-refractivity contribution in [1.82, 2.24) is 19.8 Å². The van der Waals surface area contributed by atoms with Gasteiger partial charge in [-0.3, -0.25) is 9.59 Å². The van der Waals surface area contributed by atoms with Crippen molar-refractivity contribution in [2.24, 2.45) is 5.73 Å². The fraction of sp³-hybridized carbons (Fsp3) is 0.632. The van der Waals surface area contributed by atoms with Gasteiger partial charge < -0.3 is 20.3 Å². The van der Waals surface area contributed by atoms with E-state index < -0.39 is 72.6 Å². The topological polar surface area (TPSA) is 119 Å². The maximum Gasteiger partial charge on any atom is 0.451 e. The molecule has 2 atom stereocenters. The number of amides is 3. The van der Waals surface area contributed by atoms with Crippen molar-refractivity contribution in [3.05, 3.63) is 22.8 Å². The standard InChI is InChI=1S/C19H21F6N5O4S/c1-9-5-30(14(32)8-35-9)6-10(34-17(26)33)4-13(31)29-3-2-11-12(7-29)27-16(19(23,24)25)28-15(11)18(20,21)22/h9-10H,2-8H2,1H3,(H2,26,33)/t9?,10-/m0/s1. The molecule has 1 aromatic rings. The minimum absolute atomic E-state index is 0.0987. The lowest BCUT2D eigenvalue weighted by Crippen LogP contribution is -2.48. The average molecular weight is 529 g/mol. The highest BCUT2D eigenvalue weighted by Gasteiger charge is 2.44. The van der Waals surface area contributed by atoms with Crippen molar-refractivity contribution in [3.63, 3.8) is 0 Å². The predicted molar refractivity (Wildman–Crippen MR) is 109 cm³/mol. The summed E-state index contributed by atoms with van der Waals surface area (Å²) in [5, 5.41) is 0.0987. The lowest BCUT2D eigenvalue weighted by Gasteiger charge is -2.34. The molecule has 0 saturated carbocycles. The zero-order valence-corrected chi connectivity index (χ0v) is 19.1. The second kappa shape index (κ2) is 10.1. The van der Waals surface area contributed by atoms with Crippen molar-refractivity contribution in [3.8, 4) is 0 Å². The summed E-state index contributed by atoms with van der Waals surface area (Å²) in [5.74, 6) is -2.70. The van der Waals surface area contributed by atoms with E-state index in [0.29, 0.717) is 6.54 Å². The Morgan fingerprint density at radius 3 is 2.49 bits per heavy atom. The van der Waals surface area contributed by atoms with Gasteiger partial charge >= 0.3 is 18.4 Å². The summed E-state index contributed by atoms with van der Waals surface area (Å²) in [7, 11) is 0. The second-order valence-electron chi connectivity index (χ2n) is 8.07. The van der Waals surface area contributed by atoms with Crippen molar-refractivity contribution >= 4 is 29.7 Å². The van der Waals surface area contributed by atoms with Gasteiger partial charge in [-0.05, 0) is 6.42 Å². The Bertz CT molecular complexity index is 1010. The molecule has 2 aliphatic rings. The smallest absolute Gasteiger partial charge is 0.444 e. The number of carbonyl (C=O) groups excluding carboxylic acids is 3. The Morgan fingerprint density at radius 1 is 1.20 bits per heavy atom. The van der Waals surface area contributed by atoms with E-state index in [1.165, 1.54) is 16.7 Å². The summed E-state index contributed by atoms with van der Waals surface area (Å²) < 4.78 is 84.3. The quantitative estimate of drug-likeness (QED) is 0.581. The van der Waals surface area contributed by atoms with Gasteiger partial charge in [0.15, 0.2) is 5.69 Å². The molecule has 2 aliphatic heterocycles. The molecule has 3 amide bonds. The number of hydrogen-bond acceptors (Lipinski definition) is 7. The van der Waals surface area contributed by atoms with Gasteiger partial charge in [-0.1, -0.05) is 6.92 Å². The Kier molecular flexibility index (Phi) is 7.71.